The van der Waals surface area contributed by atoms with Crippen LogP contribution in [0.25, 0.3) is 11.5 Å². The normalized spacial score (nSPS) is 12.3. The van der Waals surface area contributed by atoms with Crippen molar-refractivity contribution in [3.63, 3.8) is 0 Å². The predicted molar refractivity (Wildman–Crippen MR) is 81.3 cm³/mol. The van der Waals surface area contributed by atoms with Crippen molar-refractivity contribution in [1.29, 1.82) is 0 Å². The van der Waals surface area contributed by atoms with Gasteiger partial charge in [0.15, 0.2) is 5.82 Å². The molecule has 2 aromatic rings. The smallest absolute Gasteiger partial charge is 0.270 e. The molecule has 0 saturated carbocycles. The molecule has 1 N–H and O–H groups in total. The van der Waals surface area contributed by atoms with Crippen molar-refractivity contribution in [3.05, 3.63) is 37.7 Å². The molecule has 0 aliphatic rings. The van der Waals surface area contributed by atoms with Crippen molar-refractivity contribution in [2.45, 2.75) is 19.4 Å². The maximum atomic E-state index is 10.7. The van der Waals surface area contributed by atoms with Gasteiger partial charge in [-0.25, -0.2) is 0 Å². The Morgan fingerprint density at radius 1 is 1.55 bits per heavy atom. The second-order valence-corrected chi connectivity index (χ2v) is 5.49. The van der Waals surface area contributed by atoms with Crippen LogP contribution in [0.3, 0.4) is 0 Å². The van der Waals surface area contributed by atoms with E-state index in [0.717, 1.165) is 0 Å². The predicted octanol–water partition coefficient (Wildman–Crippen LogP) is 2.40. The van der Waals surface area contributed by atoms with Crippen molar-refractivity contribution in [2.24, 2.45) is 0 Å². The number of non-ortho nitro benzene ring substituents is 1. The molecular weight excluding hydrogens is 375 g/mol. The van der Waals surface area contributed by atoms with Gasteiger partial charge in [-0.1, -0.05) is 5.16 Å². The standard InChI is InChI=1S/C12H13IN4O3/c1-7(14-2)5-11-15-12(20-16-11)9-4-3-8(17(18)19)6-10(9)13/h3-4,6-7,14H,5H2,1-2H3. The van der Waals surface area contributed by atoms with Crippen LogP contribution < -0.4 is 5.32 Å². The molecule has 2 rings (SSSR count). The fraction of sp³-hybridized carbons (Fsp3) is 0.333. The highest BCUT2D eigenvalue weighted by atomic mass is 127. The third-order valence-electron chi connectivity index (χ3n) is 2.84. The summed E-state index contributed by atoms with van der Waals surface area (Å²) in [7, 11) is 1.87. The molecule has 1 aromatic carbocycles. The Hall–Kier alpha value is -1.55. The van der Waals surface area contributed by atoms with E-state index in [2.05, 4.69) is 15.5 Å². The minimum atomic E-state index is -0.431. The SMILES string of the molecule is CNC(C)Cc1noc(-c2ccc([N+](=O)[O-])cc2I)n1. The van der Waals surface area contributed by atoms with Gasteiger partial charge in [-0.15, -0.1) is 0 Å². The highest BCUT2D eigenvalue weighted by Crippen LogP contribution is 2.27. The van der Waals surface area contributed by atoms with Crippen LogP contribution in [0.5, 0.6) is 0 Å². The van der Waals surface area contributed by atoms with Gasteiger partial charge in [-0.05, 0) is 42.6 Å². The maximum Gasteiger partial charge on any atom is 0.270 e. The highest BCUT2D eigenvalue weighted by molar-refractivity contribution is 14.1. The topological polar surface area (TPSA) is 94.1 Å². The van der Waals surface area contributed by atoms with Crippen LogP contribution in [0.4, 0.5) is 5.69 Å². The van der Waals surface area contributed by atoms with Crippen LogP contribution in [0.15, 0.2) is 22.7 Å². The summed E-state index contributed by atoms with van der Waals surface area (Å²) in [5, 5.41) is 17.7. The van der Waals surface area contributed by atoms with E-state index in [9.17, 15) is 10.1 Å². The Bertz CT molecular complexity index is 629. The molecule has 7 nitrogen and oxygen atoms in total. The second kappa shape index (κ2) is 6.27. The molecule has 1 heterocycles. The van der Waals surface area contributed by atoms with Crippen LogP contribution in [0.2, 0.25) is 0 Å². The van der Waals surface area contributed by atoms with E-state index in [4.69, 9.17) is 4.52 Å². The Morgan fingerprint density at radius 2 is 2.30 bits per heavy atom. The summed E-state index contributed by atoms with van der Waals surface area (Å²) in [6.07, 6.45) is 0.656. The molecule has 0 aliphatic carbocycles. The quantitative estimate of drug-likeness (QED) is 0.480. The number of hydrogen-bond donors (Lipinski definition) is 1. The number of rotatable bonds is 5. The summed E-state index contributed by atoms with van der Waals surface area (Å²) in [5.74, 6) is 0.985. The lowest BCUT2D eigenvalue weighted by Gasteiger charge is -2.04. The lowest BCUT2D eigenvalue weighted by Crippen LogP contribution is -2.24. The number of aromatic nitrogens is 2. The number of halogens is 1. The maximum absolute atomic E-state index is 10.7. The van der Waals surface area contributed by atoms with Gasteiger partial charge >= 0.3 is 0 Å². The van der Waals surface area contributed by atoms with E-state index >= 15 is 0 Å². The first-order chi connectivity index (χ1) is 9.51. The van der Waals surface area contributed by atoms with Crippen LogP contribution in [-0.2, 0) is 6.42 Å². The van der Waals surface area contributed by atoms with E-state index < -0.39 is 4.92 Å². The second-order valence-electron chi connectivity index (χ2n) is 4.33. The average molecular weight is 388 g/mol. The molecule has 1 unspecified atom stereocenters. The van der Waals surface area contributed by atoms with Gasteiger partial charge in [0.05, 0.1) is 10.5 Å². The monoisotopic (exact) mass is 388 g/mol. The number of nitro benzene ring substituents is 1. The van der Waals surface area contributed by atoms with Crippen molar-refractivity contribution in [1.82, 2.24) is 15.5 Å². The molecule has 8 heteroatoms. The first-order valence-electron chi connectivity index (χ1n) is 5.95. The summed E-state index contributed by atoms with van der Waals surface area (Å²) in [6.45, 7) is 2.02. The van der Waals surface area contributed by atoms with Crippen molar-refractivity contribution < 1.29 is 9.45 Å². The van der Waals surface area contributed by atoms with Crippen LogP contribution in [0.1, 0.15) is 12.7 Å². The minimum Gasteiger partial charge on any atom is -0.334 e. The zero-order valence-corrected chi connectivity index (χ0v) is 13.1. The van der Waals surface area contributed by atoms with Crippen LogP contribution >= 0.6 is 22.6 Å². The lowest BCUT2D eigenvalue weighted by atomic mass is 10.2. The molecule has 0 spiro atoms. The number of benzene rings is 1. The van der Waals surface area contributed by atoms with Crippen molar-refractivity contribution in [3.8, 4) is 11.5 Å². The molecule has 20 heavy (non-hydrogen) atoms. The van der Waals surface area contributed by atoms with E-state index in [1.165, 1.54) is 12.1 Å². The third-order valence-corrected chi connectivity index (χ3v) is 3.74. The van der Waals surface area contributed by atoms with Crippen LogP contribution in [0, 0.1) is 13.7 Å². The molecule has 106 valence electrons. The summed E-state index contributed by atoms with van der Waals surface area (Å²) in [5.41, 5.74) is 0.744. The van der Waals surface area contributed by atoms with Crippen molar-refractivity contribution >= 4 is 28.3 Å². The Labute approximate surface area is 129 Å². The largest absolute Gasteiger partial charge is 0.334 e. The fourth-order valence-corrected chi connectivity index (χ4v) is 2.34. The zero-order valence-electron chi connectivity index (χ0n) is 11.0. The number of nitro groups is 1. The van der Waals surface area contributed by atoms with Gasteiger partial charge in [0.1, 0.15) is 0 Å². The number of nitrogens with one attached hydrogen (secondary N) is 1. The number of likely N-dealkylation sites (N-methyl/N-ethyl adjacent to an activating group) is 1. The van der Waals surface area contributed by atoms with Gasteiger partial charge in [0.25, 0.3) is 11.6 Å². The summed E-state index contributed by atoms with van der Waals surface area (Å²) < 4.78 is 5.92. The molecule has 0 radical (unpaired) electrons. The Kier molecular flexibility index (Phi) is 4.65. The van der Waals surface area contributed by atoms with Gasteiger partial charge in [-0.2, -0.15) is 4.98 Å². The zero-order chi connectivity index (χ0) is 14.7. The van der Waals surface area contributed by atoms with Gasteiger partial charge in [0, 0.05) is 28.2 Å². The van der Waals surface area contributed by atoms with Gasteiger partial charge < -0.3 is 9.84 Å². The fourth-order valence-electron chi connectivity index (χ4n) is 1.61. The Morgan fingerprint density at radius 3 is 2.90 bits per heavy atom. The first kappa shape index (κ1) is 14.9. The number of nitrogens with zero attached hydrogens (tertiary/aromatic N) is 3. The lowest BCUT2D eigenvalue weighted by molar-refractivity contribution is -0.384. The summed E-state index contributed by atoms with van der Waals surface area (Å²) >= 11 is 2.02. The van der Waals surface area contributed by atoms with Gasteiger partial charge in [-0.3, -0.25) is 10.1 Å². The molecule has 0 fully saturated rings. The van der Waals surface area contributed by atoms with E-state index in [-0.39, 0.29) is 11.7 Å². The third kappa shape index (κ3) is 3.31. The number of hydrogen-bond acceptors (Lipinski definition) is 6. The molecule has 0 amide bonds. The first-order valence-corrected chi connectivity index (χ1v) is 7.03. The van der Waals surface area contributed by atoms with Crippen LogP contribution in [-0.4, -0.2) is 28.2 Å². The van der Waals surface area contributed by atoms with E-state index in [1.807, 2.05) is 36.6 Å². The highest BCUT2D eigenvalue weighted by Gasteiger charge is 2.16. The van der Waals surface area contributed by atoms with Gasteiger partial charge in [0.2, 0.25) is 0 Å². The summed E-state index contributed by atoms with van der Waals surface area (Å²) in [4.78, 5) is 14.6. The minimum absolute atomic E-state index is 0.0432. The molecule has 0 saturated heterocycles. The van der Waals surface area contributed by atoms with E-state index in [1.54, 1.807) is 6.07 Å². The molecular formula is C12H13IN4O3. The Balaban J connectivity index is 2.26. The van der Waals surface area contributed by atoms with E-state index in [0.29, 0.717) is 27.3 Å². The summed E-state index contributed by atoms with van der Waals surface area (Å²) in [6, 6.07) is 4.78. The van der Waals surface area contributed by atoms with Crippen molar-refractivity contribution in [2.75, 3.05) is 7.05 Å². The average Bonchev–Trinajstić information content (AvgIpc) is 2.86. The molecule has 1 aromatic heterocycles. The molecule has 0 bridgehead atoms. The molecule has 0 aliphatic heterocycles. The molecule has 1 atom stereocenters.